The molecule has 0 spiro atoms. The van der Waals surface area contributed by atoms with E-state index in [1.165, 1.54) is 28.8 Å². The number of aryl methyl sites for hydroxylation is 1. The van der Waals surface area contributed by atoms with Crippen LogP contribution in [0.15, 0.2) is 72.8 Å². The average Bonchev–Trinajstić information content (AvgIpc) is 3.30. The van der Waals surface area contributed by atoms with Gasteiger partial charge in [0, 0.05) is 24.9 Å². The number of hydrogen-bond acceptors (Lipinski definition) is 5. The Morgan fingerprint density at radius 3 is 2.50 bits per heavy atom. The van der Waals surface area contributed by atoms with Gasteiger partial charge in [-0.25, -0.2) is 9.07 Å². The van der Waals surface area contributed by atoms with Crippen LogP contribution in [0.5, 0.6) is 0 Å². The first kappa shape index (κ1) is 25.0. The highest BCUT2D eigenvalue weighted by atomic mass is 19.1. The van der Waals surface area contributed by atoms with E-state index >= 15 is 4.39 Å². The number of carbonyl (C=O) groups excluding carboxylic acids is 2. The molecule has 4 aromatic rings. The molecule has 0 saturated heterocycles. The highest BCUT2D eigenvalue weighted by Crippen LogP contribution is 2.30. The molecule has 186 valence electrons. The minimum absolute atomic E-state index is 0.0868. The molecule has 2 amide bonds. The van der Waals surface area contributed by atoms with Gasteiger partial charge in [0.15, 0.2) is 0 Å². The first-order valence-corrected chi connectivity index (χ1v) is 11.7. The van der Waals surface area contributed by atoms with Gasteiger partial charge in [-0.1, -0.05) is 54.6 Å². The zero-order valence-electron chi connectivity index (χ0n) is 20.2. The van der Waals surface area contributed by atoms with Gasteiger partial charge in [0.25, 0.3) is 0 Å². The number of halogens is 1. The minimum atomic E-state index is -1.25. The predicted molar refractivity (Wildman–Crippen MR) is 135 cm³/mol. The van der Waals surface area contributed by atoms with Crippen LogP contribution in [-0.2, 0) is 27.3 Å². The molecule has 1 atom stereocenters. The molecule has 0 unspecified atom stereocenters. The zero-order chi connectivity index (χ0) is 25.5. The number of rotatable bonds is 10. The maximum atomic E-state index is 15.1. The molecule has 0 radical (unpaired) electrons. The summed E-state index contributed by atoms with van der Waals surface area (Å²) in [5.41, 5.74) is 2.95. The van der Waals surface area contributed by atoms with Gasteiger partial charge < -0.3 is 10.1 Å². The molecule has 4 rings (SSSR count). The number of nitrogens with zero attached hydrogens (tertiary/aromatic N) is 4. The van der Waals surface area contributed by atoms with Crippen LogP contribution in [-0.4, -0.2) is 47.1 Å². The van der Waals surface area contributed by atoms with Crippen LogP contribution in [0.2, 0.25) is 0 Å². The maximum absolute atomic E-state index is 15.1. The standard InChI is InChI=1S/C27H28FN5O3/c1-3-19-12-14-20(15-13-19)33(25(34)18-32-24-11-7-6-10-23(24)30-31-32)26(27(35)29-16-17-36-2)21-8-4-5-9-22(21)28/h4-15,26H,3,16-18H2,1-2H3,(H,29,35)/t26-/m0/s1. The Morgan fingerprint density at radius 2 is 1.78 bits per heavy atom. The quantitative estimate of drug-likeness (QED) is 0.344. The number of amides is 2. The topological polar surface area (TPSA) is 89.4 Å². The second-order valence-corrected chi connectivity index (χ2v) is 8.23. The number of carbonyl (C=O) groups is 2. The van der Waals surface area contributed by atoms with E-state index in [1.54, 1.807) is 30.3 Å². The van der Waals surface area contributed by atoms with Crippen molar-refractivity contribution in [2.75, 3.05) is 25.2 Å². The Kier molecular flexibility index (Phi) is 8.02. The Hall–Kier alpha value is -4.11. The summed E-state index contributed by atoms with van der Waals surface area (Å²) in [5.74, 6) is -1.54. The van der Waals surface area contributed by atoms with Crippen LogP contribution >= 0.6 is 0 Å². The summed E-state index contributed by atoms with van der Waals surface area (Å²) in [6, 6.07) is 19.3. The van der Waals surface area contributed by atoms with Crippen LogP contribution in [0.1, 0.15) is 24.1 Å². The fraction of sp³-hybridized carbons (Fsp3) is 0.259. The van der Waals surface area contributed by atoms with E-state index < -0.39 is 23.7 Å². The smallest absolute Gasteiger partial charge is 0.249 e. The lowest BCUT2D eigenvalue weighted by molar-refractivity contribution is -0.127. The number of nitrogens with one attached hydrogen (secondary N) is 1. The first-order valence-electron chi connectivity index (χ1n) is 11.7. The zero-order valence-corrected chi connectivity index (χ0v) is 20.2. The molecule has 3 aromatic carbocycles. The van der Waals surface area contributed by atoms with Crippen LogP contribution in [0, 0.1) is 5.82 Å². The number of anilines is 1. The number of methoxy groups -OCH3 is 1. The van der Waals surface area contributed by atoms with E-state index in [0.29, 0.717) is 16.7 Å². The highest BCUT2D eigenvalue weighted by molar-refractivity contribution is 6.01. The van der Waals surface area contributed by atoms with Gasteiger partial charge in [-0.15, -0.1) is 5.10 Å². The molecular formula is C27H28FN5O3. The number of aromatic nitrogens is 3. The number of fused-ring (bicyclic) bond motifs is 1. The summed E-state index contributed by atoms with van der Waals surface area (Å²) in [6.45, 7) is 2.33. The normalized spacial score (nSPS) is 11.9. The molecule has 1 heterocycles. The lowest BCUT2D eigenvalue weighted by Crippen LogP contribution is -2.46. The summed E-state index contributed by atoms with van der Waals surface area (Å²) < 4.78 is 21.6. The molecule has 0 fully saturated rings. The molecule has 0 bridgehead atoms. The number of benzene rings is 3. The Labute approximate surface area is 208 Å². The highest BCUT2D eigenvalue weighted by Gasteiger charge is 2.34. The fourth-order valence-electron chi connectivity index (χ4n) is 4.04. The Balaban J connectivity index is 1.79. The lowest BCUT2D eigenvalue weighted by atomic mass is 10.0. The van der Waals surface area contributed by atoms with Crippen LogP contribution < -0.4 is 10.2 Å². The fourth-order valence-corrected chi connectivity index (χ4v) is 4.04. The van der Waals surface area contributed by atoms with E-state index in [4.69, 9.17) is 4.74 Å². The predicted octanol–water partition coefficient (Wildman–Crippen LogP) is 3.67. The third-order valence-corrected chi connectivity index (χ3v) is 5.91. The van der Waals surface area contributed by atoms with E-state index in [9.17, 15) is 9.59 Å². The van der Waals surface area contributed by atoms with Crippen molar-refractivity contribution in [3.63, 3.8) is 0 Å². The Bertz CT molecular complexity index is 1340. The summed E-state index contributed by atoms with van der Waals surface area (Å²) >= 11 is 0. The van der Waals surface area contributed by atoms with Gasteiger partial charge in [0.1, 0.15) is 23.9 Å². The third-order valence-electron chi connectivity index (χ3n) is 5.91. The van der Waals surface area contributed by atoms with E-state index in [2.05, 4.69) is 15.6 Å². The summed E-state index contributed by atoms with van der Waals surface area (Å²) in [4.78, 5) is 28.7. The number of hydrogen-bond donors (Lipinski definition) is 1. The first-order chi connectivity index (χ1) is 17.5. The summed E-state index contributed by atoms with van der Waals surface area (Å²) in [7, 11) is 1.52. The van der Waals surface area contributed by atoms with Crippen molar-refractivity contribution in [2.45, 2.75) is 25.9 Å². The summed E-state index contributed by atoms with van der Waals surface area (Å²) in [6.07, 6.45) is 0.813. The molecule has 0 saturated carbocycles. The molecule has 36 heavy (non-hydrogen) atoms. The van der Waals surface area contributed by atoms with Crippen LogP contribution in [0.25, 0.3) is 11.0 Å². The van der Waals surface area contributed by atoms with Gasteiger partial charge in [-0.2, -0.15) is 0 Å². The molecule has 8 nitrogen and oxygen atoms in total. The lowest BCUT2D eigenvalue weighted by Gasteiger charge is -2.32. The van der Waals surface area contributed by atoms with Gasteiger partial charge >= 0.3 is 0 Å². The minimum Gasteiger partial charge on any atom is -0.383 e. The molecule has 1 N–H and O–H groups in total. The second kappa shape index (κ2) is 11.5. The van der Waals surface area contributed by atoms with Crippen LogP contribution in [0.4, 0.5) is 10.1 Å². The molecule has 0 aliphatic rings. The molecule has 0 aliphatic carbocycles. The molecule has 0 aliphatic heterocycles. The van der Waals surface area contributed by atoms with Crippen molar-refractivity contribution >= 4 is 28.5 Å². The largest absolute Gasteiger partial charge is 0.383 e. The third kappa shape index (κ3) is 5.41. The maximum Gasteiger partial charge on any atom is 0.249 e. The van der Waals surface area contributed by atoms with Crippen molar-refractivity contribution in [1.29, 1.82) is 0 Å². The van der Waals surface area contributed by atoms with Crippen molar-refractivity contribution in [3.05, 3.63) is 89.7 Å². The van der Waals surface area contributed by atoms with Crippen molar-refractivity contribution in [2.24, 2.45) is 0 Å². The van der Waals surface area contributed by atoms with Gasteiger partial charge in [0.2, 0.25) is 11.8 Å². The van der Waals surface area contributed by atoms with Crippen LogP contribution in [0.3, 0.4) is 0 Å². The summed E-state index contributed by atoms with van der Waals surface area (Å²) in [5, 5.41) is 11.0. The number of para-hydroxylation sites is 1. The van der Waals surface area contributed by atoms with Gasteiger partial charge in [0.05, 0.1) is 12.1 Å². The van der Waals surface area contributed by atoms with Gasteiger partial charge in [-0.05, 0) is 42.3 Å². The van der Waals surface area contributed by atoms with Gasteiger partial charge in [-0.3, -0.25) is 14.5 Å². The van der Waals surface area contributed by atoms with E-state index in [-0.39, 0.29) is 25.3 Å². The van der Waals surface area contributed by atoms with E-state index in [1.807, 2.05) is 37.3 Å². The van der Waals surface area contributed by atoms with Crippen molar-refractivity contribution < 1.29 is 18.7 Å². The van der Waals surface area contributed by atoms with E-state index in [0.717, 1.165) is 12.0 Å². The molecular weight excluding hydrogens is 461 g/mol. The molecule has 9 heteroatoms. The number of ether oxygens (including phenoxy) is 1. The second-order valence-electron chi connectivity index (χ2n) is 8.23. The SMILES string of the molecule is CCc1ccc(N(C(=O)Cn2nnc3ccccc32)[C@H](C(=O)NCCOC)c2ccccc2F)cc1. The van der Waals surface area contributed by atoms with Crippen molar-refractivity contribution in [1.82, 2.24) is 20.3 Å². The molecule has 1 aromatic heterocycles. The average molecular weight is 490 g/mol. The monoisotopic (exact) mass is 489 g/mol. The Morgan fingerprint density at radius 1 is 1.06 bits per heavy atom. The van der Waals surface area contributed by atoms with Crippen molar-refractivity contribution in [3.8, 4) is 0 Å².